The summed E-state index contributed by atoms with van der Waals surface area (Å²) in [6, 6.07) is 0. The summed E-state index contributed by atoms with van der Waals surface area (Å²) in [6.45, 7) is 6.54. The SMILES string of the molecule is C=C(C)C(=O)OS(=O)(=O)CC(C)CN. The minimum Gasteiger partial charge on any atom is -0.342 e. The first-order valence-electron chi connectivity index (χ1n) is 4.10. The van der Waals surface area contributed by atoms with Crippen LogP contribution in [0.2, 0.25) is 0 Å². The van der Waals surface area contributed by atoms with Gasteiger partial charge in [0.25, 0.3) is 0 Å². The van der Waals surface area contributed by atoms with Crippen LogP contribution in [0.1, 0.15) is 13.8 Å². The van der Waals surface area contributed by atoms with Crippen molar-refractivity contribution in [2.24, 2.45) is 11.7 Å². The highest BCUT2D eigenvalue weighted by atomic mass is 32.2. The van der Waals surface area contributed by atoms with Crippen molar-refractivity contribution in [3.8, 4) is 0 Å². The molecule has 0 radical (unpaired) electrons. The predicted octanol–water partition coefficient (Wildman–Crippen LogP) is 0.0303. The van der Waals surface area contributed by atoms with Gasteiger partial charge in [0.15, 0.2) is 0 Å². The van der Waals surface area contributed by atoms with Crippen LogP contribution in [0.5, 0.6) is 0 Å². The first-order valence-corrected chi connectivity index (χ1v) is 5.68. The topological polar surface area (TPSA) is 86.5 Å². The lowest BCUT2D eigenvalue weighted by Gasteiger charge is -2.09. The zero-order chi connectivity index (χ0) is 11.4. The molecule has 0 aliphatic heterocycles. The van der Waals surface area contributed by atoms with Crippen LogP contribution < -0.4 is 5.73 Å². The zero-order valence-corrected chi connectivity index (χ0v) is 9.13. The predicted molar refractivity (Wildman–Crippen MR) is 52.9 cm³/mol. The standard InChI is InChI=1S/C8H15NO4S/c1-6(2)8(10)13-14(11,12)5-7(3)4-9/h7H,1,4-5,9H2,2-3H3. The molecule has 0 aromatic rings. The quantitative estimate of drug-likeness (QED) is 0.523. The molecule has 0 rings (SSSR count). The van der Waals surface area contributed by atoms with E-state index in [1.807, 2.05) is 0 Å². The summed E-state index contributed by atoms with van der Waals surface area (Å²) in [4.78, 5) is 10.9. The van der Waals surface area contributed by atoms with Gasteiger partial charge in [0.05, 0.1) is 5.75 Å². The normalized spacial score (nSPS) is 13.4. The molecule has 0 bridgehead atoms. The molecule has 1 atom stereocenters. The molecular weight excluding hydrogens is 206 g/mol. The fourth-order valence-corrected chi connectivity index (χ4v) is 1.91. The molecular formula is C8H15NO4S. The Morgan fingerprint density at radius 3 is 2.43 bits per heavy atom. The Balaban J connectivity index is 4.36. The fourth-order valence-electron chi connectivity index (χ4n) is 0.637. The number of nitrogens with two attached hydrogens (primary N) is 1. The van der Waals surface area contributed by atoms with Crippen molar-refractivity contribution in [1.29, 1.82) is 0 Å². The van der Waals surface area contributed by atoms with Crippen molar-refractivity contribution >= 4 is 16.1 Å². The summed E-state index contributed by atoms with van der Waals surface area (Å²) in [5.41, 5.74) is 5.30. The Kier molecular flexibility index (Phi) is 4.79. The van der Waals surface area contributed by atoms with E-state index in [1.165, 1.54) is 6.92 Å². The Morgan fingerprint density at radius 2 is 2.07 bits per heavy atom. The second-order valence-electron chi connectivity index (χ2n) is 3.22. The van der Waals surface area contributed by atoms with Gasteiger partial charge < -0.3 is 9.92 Å². The molecule has 1 unspecified atom stereocenters. The van der Waals surface area contributed by atoms with Gasteiger partial charge in [-0.3, -0.25) is 0 Å². The second kappa shape index (κ2) is 5.11. The molecule has 82 valence electrons. The molecule has 0 aliphatic carbocycles. The molecule has 0 aromatic carbocycles. The highest BCUT2D eigenvalue weighted by Crippen LogP contribution is 2.04. The minimum atomic E-state index is -3.83. The maximum absolute atomic E-state index is 11.2. The van der Waals surface area contributed by atoms with Gasteiger partial charge in [0, 0.05) is 5.57 Å². The van der Waals surface area contributed by atoms with Gasteiger partial charge in [0.1, 0.15) is 0 Å². The third kappa shape index (κ3) is 4.98. The van der Waals surface area contributed by atoms with E-state index < -0.39 is 16.1 Å². The van der Waals surface area contributed by atoms with Crippen molar-refractivity contribution in [2.45, 2.75) is 13.8 Å². The van der Waals surface area contributed by atoms with E-state index in [2.05, 4.69) is 10.8 Å². The van der Waals surface area contributed by atoms with E-state index in [0.29, 0.717) is 0 Å². The lowest BCUT2D eigenvalue weighted by molar-refractivity contribution is -0.129. The van der Waals surface area contributed by atoms with Gasteiger partial charge in [-0.15, -0.1) is 0 Å². The number of rotatable bonds is 5. The monoisotopic (exact) mass is 221 g/mol. The van der Waals surface area contributed by atoms with Crippen molar-refractivity contribution in [2.75, 3.05) is 12.3 Å². The van der Waals surface area contributed by atoms with Gasteiger partial charge in [-0.25, -0.2) is 4.79 Å². The summed E-state index contributed by atoms with van der Waals surface area (Å²) in [6.07, 6.45) is 0. The van der Waals surface area contributed by atoms with Gasteiger partial charge >= 0.3 is 16.1 Å². The zero-order valence-electron chi connectivity index (χ0n) is 8.32. The van der Waals surface area contributed by atoms with Crippen LogP contribution in [0.3, 0.4) is 0 Å². The summed E-state index contributed by atoms with van der Waals surface area (Å²) in [7, 11) is -3.83. The third-order valence-corrected chi connectivity index (χ3v) is 2.82. The average Bonchev–Trinajstić information content (AvgIpc) is 2.02. The van der Waals surface area contributed by atoms with E-state index >= 15 is 0 Å². The van der Waals surface area contributed by atoms with Crippen LogP contribution in [0.4, 0.5) is 0 Å². The van der Waals surface area contributed by atoms with Crippen molar-refractivity contribution in [3.63, 3.8) is 0 Å². The summed E-state index contributed by atoms with van der Waals surface area (Å²) < 4.78 is 26.6. The van der Waals surface area contributed by atoms with Crippen molar-refractivity contribution in [3.05, 3.63) is 12.2 Å². The lowest BCUT2D eigenvalue weighted by atomic mass is 10.2. The average molecular weight is 221 g/mol. The number of carbonyl (C=O) groups excluding carboxylic acids is 1. The van der Waals surface area contributed by atoms with E-state index in [4.69, 9.17) is 5.73 Å². The lowest BCUT2D eigenvalue weighted by Crippen LogP contribution is -2.24. The highest BCUT2D eigenvalue weighted by Gasteiger charge is 2.20. The van der Waals surface area contributed by atoms with Crippen LogP contribution in [-0.4, -0.2) is 26.7 Å². The van der Waals surface area contributed by atoms with E-state index in [9.17, 15) is 13.2 Å². The van der Waals surface area contributed by atoms with Gasteiger partial charge in [-0.1, -0.05) is 13.5 Å². The highest BCUT2D eigenvalue weighted by molar-refractivity contribution is 7.87. The second-order valence-corrected chi connectivity index (χ2v) is 4.83. The molecule has 14 heavy (non-hydrogen) atoms. The van der Waals surface area contributed by atoms with Crippen molar-refractivity contribution < 1.29 is 17.4 Å². The smallest absolute Gasteiger partial charge is 0.342 e. The fraction of sp³-hybridized carbons (Fsp3) is 0.625. The minimum absolute atomic E-state index is 0.0500. The Bertz CT molecular complexity index is 320. The number of hydrogen-bond acceptors (Lipinski definition) is 5. The third-order valence-electron chi connectivity index (χ3n) is 1.44. The summed E-state index contributed by atoms with van der Waals surface area (Å²) >= 11 is 0. The van der Waals surface area contributed by atoms with Crippen LogP contribution in [0.15, 0.2) is 12.2 Å². The number of hydrogen-bond donors (Lipinski definition) is 1. The molecule has 2 N–H and O–H groups in total. The largest absolute Gasteiger partial charge is 0.348 e. The molecule has 0 fully saturated rings. The van der Waals surface area contributed by atoms with E-state index in [0.717, 1.165) is 0 Å². The van der Waals surface area contributed by atoms with E-state index in [-0.39, 0.29) is 23.8 Å². The first kappa shape index (κ1) is 13.1. The molecule has 0 saturated heterocycles. The van der Waals surface area contributed by atoms with Crippen molar-refractivity contribution in [1.82, 2.24) is 0 Å². The summed E-state index contributed by atoms with van der Waals surface area (Å²) in [5.74, 6) is -1.42. The Hall–Kier alpha value is -0.880. The molecule has 0 spiro atoms. The van der Waals surface area contributed by atoms with Crippen LogP contribution in [0.25, 0.3) is 0 Å². The Morgan fingerprint density at radius 1 is 1.57 bits per heavy atom. The summed E-state index contributed by atoms with van der Waals surface area (Å²) in [5, 5.41) is 0. The first-order chi connectivity index (χ1) is 6.28. The maximum Gasteiger partial charge on any atom is 0.348 e. The van der Waals surface area contributed by atoms with Crippen LogP contribution in [-0.2, 0) is 19.1 Å². The van der Waals surface area contributed by atoms with Crippen LogP contribution >= 0.6 is 0 Å². The maximum atomic E-state index is 11.2. The van der Waals surface area contributed by atoms with Gasteiger partial charge in [-0.2, -0.15) is 8.42 Å². The molecule has 0 saturated carbocycles. The molecule has 0 aromatic heterocycles. The molecule has 0 aliphatic rings. The molecule has 6 heteroatoms. The Labute approximate surface area is 84.1 Å². The molecule has 5 nitrogen and oxygen atoms in total. The van der Waals surface area contributed by atoms with E-state index in [1.54, 1.807) is 6.92 Å². The van der Waals surface area contributed by atoms with Gasteiger partial charge in [0.2, 0.25) is 0 Å². The molecule has 0 amide bonds. The van der Waals surface area contributed by atoms with Gasteiger partial charge in [-0.05, 0) is 19.4 Å². The number of carbonyl (C=O) groups is 1. The van der Waals surface area contributed by atoms with Crippen LogP contribution in [0, 0.1) is 5.92 Å². The molecule has 0 heterocycles.